The van der Waals surface area contributed by atoms with E-state index >= 15 is 0 Å². The van der Waals surface area contributed by atoms with E-state index in [0.717, 1.165) is 172 Å². The number of benzene rings is 15. The van der Waals surface area contributed by atoms with Gasteiger partial charge in [0, 0.05) is 48.7 Å². The number of para-hydroxylation sites is 4. The molecule has 0 saturated carbocycles. The van der Waals surface area contributed by atoms with Crippen LogP contribution in [0.4, 0.5) is 0 Å². The van der Waals surface area contributed by atoms with Gasteiger partial charge in [0.2, 0.25) is 0 Å². The van der Waals surface area contributed by atoms with Crippen LogP contribution < -0.4 is 0 Å². The minimum Gasteiger partial charge on any atom is -0.306 e. The fraction of sp³-hybridized carbons (Fsp3) is 0.0109. The van der Waals surface area contributed by atoms with Crippen LogP contribution in [0.15, 0.2) is 334 Å². The molecule has 450 valence electrons. The summed E-state index contributed by atoms with van der Waals surface area (Å²) in [5.74, 6) is 0. The highest BCUT2D eigenvalue weighted by Crippen LogP contribution is 2.55. The summed E-state index contributed by atoms with van der Waals surface area (Å²) in [5, 5.41) is 22.3. The third-order valence-electron chi connectivity index (χ3n) is 20.6. The average Bonchev–Trinajstić information content (AvgIpc) is 1.48. The Hall–Kier alpha value is -13.0. The van der Waals surface area contributed by atoms with Gasteiger partial charge in [-0.25, -0.2) is 0 Å². The summed E-state index contributed by atoms with van der Waals surface area (Å²) in [6.45, 7) is 0. The van der Waals surface area contributed by atoms with Crippen molar-refractivity contribution >= 4 is 87.2 Å². The highest BCUT2D eigenvalue weighted by atomic mass is 15.1. The largest absolute Gasteiger partial charge is 0.306 e. The minimum absolute atomic E-state index is 0.518. The minimum atomic E-state index is 0.518. The molecule has 5 nitrogen and oxygen atoms in total. The van der Waals surface area contributed by atoms with Gasteiger partial charge in [0.05, 0.1) is 66.9 Å². The standard InChI is InChI=1S/C92H57N5/c93-57-78-89(94-79-40-19-15-35-69(79)74-53-62(44-48-83(74)94)58-24-5-1-6-25-58)91(96-81-42-21-17-37-71(81)76-55-64(46-50-85(76)96)60-28-9-3-10-29-60)88(73-39-23-33-67-52-66-32-13-14-34-68(66)87(67)73)92(97-82-43-22-18-38-72(82)77-56-65(47-51-86(77)97)61-30-11-4-12-31-61)90(78)95-80-41-20-16-36-70(80)75-54-63(45-49-84(75)95)59-26-7-2-8-27-59/h1-51,53-56H,52H2. The van der Waals surface area contributed by atoms with E-state index in [1.807, 2.05) is 0 Å². The summed E-state index contributed by atoms with van der Waals surface area (Å²) in [5.41, 5.74) is 27.9. The van der Waals surface area contributed by atoms with Crippen LogP contribution in [0.3, 0.4) is 0 Å². The fourth-order valence-electron chi connectivity index (χ4n) is 16.4. The lowest BCUT2D eigenvalue weighted by Crippen LogP contribution is -2.16. The van der Waals surface area contributed by atoms with E-state index in [-0.39, 0.29) is 0 Å². The van der Waals surface area contributed by atoms with Crippen LogP contribution in [0.2, 0.25) is 0 Å². The molecule has 4 aromatic heterocycles. The van der Waals surface area contributed by atoms with E-state index < -0.39 is 0 Å². The molecule has 0 aliphatic heterocycles. The molecule has 0 N–H and O–H groups in total. The Bertz CT molecular complexity index is 6170. The number of rotatable bonds is 9. The lowest BCUT2D eigenvalue weighted by Gasteiger charge is -2.30. The maximum Gasteiger partial charge on any atom is 0.104 e. The van der Waals surface area contributed by atoms with Crippen LogP contribution in [0.5, 0.6) is 0 Å². The van der Waals surface area contributed by atoms with Crippen molar-refractivity contribution in [3.8, 4) is 95.6 Å². The van der Waals surface area contributed by atoms with E-state index in [1.54, 1.807) is 0 Å². The van der Waals surface area contributed by atoms with E-state index in [1.165, 1.54) is 22.3 Å². The second-order valence-corrected chi connectivity index (χ2v) is 25.7. The van der Waals surface area contributed by atoms with Crippen LogP contribution in [-0.4, -0.2) is 18.3 Å². The molecule has 0 unspecified atom stereocenters. The van der Waals surface area contributed by atoms with Gasteiger partial charge in [0.1, 0.15) is 11.6 Å². The second kappa shape index (κ2) is 21.5. The lowest BCUT2D eigenvalue weighted by atomic mass is 9.88. The Morgan fingerprint density at radius 2 is 0.505 bits per heavy atom. The van der Waals surface area contributed by atoms with Crippen molar-refractivity contribution in [3.05, 3.63) is 350 Å². The van der Waals surface area contributed by atoms with Gasteiger partial charge in [-0.1, -0.05) is 261 Å². The molecule has 5 heteroatoms. The zero-order chi connectivity index (χ0) is 63.8. The van der Waals surface area contributed by atoms with Gasteiger partial charge in [-0.3, -0.25) is 0 Å². The van der Waals surface area contributed by atoms with Crippen molar-refractivity contribution < 1.29 is 0 Å². The number of nitrogens with zero attached hydrogens (tertiary/aromatic N) is 5. The molecule has 0 radical (unpaired) electrons. The predicted molar refractivity (Wildman–Crippen MR) is 404 cm³/mol. The monoisotopic (exact) mass is 1230 g/mol. The number of aromatic nitrogens is 4. The first-order valence-electron chi connectivity index (χ1n) is 33.3. The molecular formula is C92H57N5. The molecule has 20 rings (SSSR count). The molecule has 0 saturated heterocycles. The maximum atomic E-state index is 13.5. The third-order valence-corrected chi connectivity index (χ3v) is 20.6. The molecule has 0 spiro atoms. The SMILES string of the molecule is N#Cc1c(-n2c3ccccc3c3cc(-c4ccccc4)ccc32)c(-n2c3ccccc3c3cc(-c4ccccc4)ccc32)c(-c2cccc3c2-c2ccccc2C3)c(-n2c3ccccc3c3cc(-c4ccccc4)ccc32)c1-n1c2ccccc2c2cc(-c3ccccc3)ccc21. The highest BCUT2D eigenvalue weighted by molar-refractivity contribution is 6.19. The molecule has 97 heavy (non-hydrogen) atoms. The van der Waals surface area contributed by atoms with Crippen molar-refractivity contribution in [2.45, 2.75) is 6.42 Å². The van der Waals surface area contributed by atoms with E-state index in [4.69, 9.17) is 0 Å². The topological polar surface area (TPSA) is 43.5 Å². The summed E-state index contributed by atoms with van der Waals surface area (Å²) in [7, 11) is 0. The molecule has 1 aliphatic carbocycles. The Balaban J connectivity index is 1.08. The van der Waals surface area contributed by atoms with E-state index in [2.05, 4.69) is 358 Å². The third kappa shape index (κ3) is 8.18. The van der Waals surface area contributed by atoms with E-state index in [9.17, 15) is 5.26 Å². The van der Waals surface area contributed by atoms with Crippen LogP contribution >= 0.6 is 0 Å². The molecular weight excluding hydrogens is 1180 g/mol. The van der Waals surface area contributed by atoms with Gasteiger partial charge >= 0.3 is 0 Å². The van der Waals surface area contributed by atoms with Gasteiger partial charge in [-0.15, -0.1) is 0 Å². The summed E-state index contributed by atoms with van der Waals surface area (Å²) < 4.78 is 9.99. The quantitative estimate of drug-likeness (QED) is 0.142. The first-order valence-corrected chi connectivity index (χ1v) is 33.3. The van der Waals surface area contributed by atoms with E-state index in [0.29, 0.717) is 5.56 Å². The number of hydrogen-bond donors (Lipinski definition) is 0. The smallest absolute Gasteiger partial charge is 0.104 e. The first-order chi connectivity index (χ1) is 48.1. The number of hydrogen-bond acceptors (Lipinski definition) is 1. The highest BCUT2D eigenvalue weighted by Gasteiger charge is 2.37. The Labute approximate surface area is 559 Å². The zero-order valence-electron chi connectivity index (χ0n) is 52.7. The van der Waals surface area contributed by atoms with Gasteiger partial charge in [-0.2, -0.15) is 5.26 Å². The molecule has 0 amide bonds. The summed E-state index contributed by atoms with van der Waals surface area (Å²) in [6, 6.07) is 125. The lowest BCUT2D eigenvalue weighted by molar-refractivity contribution is 1.04. The van der Waals surface area contributed by atoms with Crippen LogP contribution in [-0.2, 0) is 6.42 Å². The van der Waals surface area contributed by atoms with Crippen molar-refractivity contribution in [3.63, 3.8) is 0 Å². The van der Waals surface area contributed by atoms with Gasteiger partial charge in [0.25, 0.3) is 0 Å². The maximum absolute atomic E-state index is 13.5. The van der Waals surface area contributed by atoms with Crippen molar-refractivity contribution in [1.29, 1.82) is 5.26 Å². The second-order valence-electron chi connectivity index (χ2n) is 25.7. The molecule has 0 bridgehead atoms. The van der Waals surface area contributed by atoms with Gasteiger partial charge < -0.3 is 18.3 Å². The van der Waals surface area contributed by atoms with Crippen LogP contribution in [0.1, 0.15) is 16.7 Å². The molecule has 19 aromatic rings. The average molecular weight is 1230 g/mol. The zero-order valence-corrected chi connectivity index (χ0v) is 52.7. The Morgan fingerprint density at radius 3 is 0.866 bits per heavy atom. The molecule has 4 heterocycles. The molecule has 0 fully saturated rings. The Morgan fingerprint density at radius 1 is 0.216 bits per heavy atom. The fourth-order valence-corrected chi connectivity index (χ4v) is 16.4. The van der Waals surface area contributed by atoms with Crippen LogP contribution in [0.25, 0.3) is 177 Å². The van der Waals surface area contributed by atoms with Crippen molar-refractivity contribution in [1.82, 2.24) is 18.3 Å². The molecule has 15 aromatic carbocycles. The van der Waals surface area contributed by atoms with Gasteiger partial charge in [0.15, 0.2) is 0 Å². The first kappa shape index (κ1) is 54.5. The number of fused-ring (bicyclic) bond motifs is 15. The predicted octanol–water partition coefficient (Wildman–Crippen LogP) is 23.9. The molecule has 0 atom stereocenters. The Kier molecular flexibility index (Phi) is 12.1. The van der Waals surface area contributed by atoms with Crippen molar-refractivity contribution in [2.75, 3.05) is 0 Å². The summed E-state index contributed by atoms with van der Waals surface area (Å²) in [4.78, 5) is 0. The number of nitriles is 1. The molecule has 1 aliphatic rings. The van der Waals surface area contributed by atoms with Crippen molar-refractivity contribution in [2.24, 2.45) is 0 Å². The van der Waals surface area contributed by atoms with Crippen LogP contribution in [0, 0.1) is 11.3 Å². The normalized spacial score (nSPS) is 12.1. The van der Waals surface area contributed by atoms with Gasteiger partial charge in [-0.05, 0) is 152 Å². The summed E-state index contributed by atoms with van der Waals surface area (Å²) >= 11 is 0. The summed E-state index contributed by atoms with van der Waals surface area (Å²) in [6.07, 6.45) is 0.780.